The lowest BCUT2D eigenvalue weighted by Gasteiger charge is -2.37. The number of ether oxygens (including phenoxy) is 1. The van der Waals surface area contributed by atoms with Gasteiger partial charge in [0.15, 0.2) is 0 Å². The molecule has 118 valence electrons. The first kappa shape index (κ1) is 16.5. The first-order valence-electron chi connectivity index (χ1n) is 8.09. The van der Waals surface area contributed by atoms with E-state index in [2.05, 4.69) is 57.0 Å². The van der Waals surface area contributed by atoms with Gasteiger partial charge in [0.2, 0.25) is 0 Å². The number of rotatable bonds is 5. The Morgan fingerprint density at radius 1 is 1.24 bits per heavy atom. The minimum absolute atomic E-state index is 0.473. The van der Waals surface area contributed by atoms with Gasteiger partial charge in [-0.3, -0.25) is 4.90 Å². The molecule has 1 aromatic carbocycles. The van der Waals surface area contributed by atoms with Crippen LogP contribution in [0.2, 0.25) is 0 Å². The van der Waals surface area contributed by atoms with E-state index in [4.69, 9.17) is 4.74 Å². The van der Waals surface area contributed by atoms with E-state index < -0.39 is 0 Å². The van der Waals surface area contributed by atoms with E-state index in [1.807, 2.05) is 0 Å². The lowest BCUT2D eigenvalue weighted by molar-refractivity contribution is -0.0116. The molecule has 1 saturated heterocycles. The molecule has 1 aromatic rings. The van der Waals surface area contributed by atoms with Gasteiger partial charge in [0, 0.05) is 31.7 Å². The predicted octanol–water partition coefficient (Wildman–Crippen LogP) is 2.81. The molecule has 0 aliphatic carbocycles. The highest BCUT2D eigenvalue weighted by Gasteiger charge is 2.24. The summed E-state index contributed by atoms with van der Waals surface area (Å²) in [6.45, 7) is 15.8. The summed E-state index contributed by atoms with van der Waals surface area (Å²) < 4.78 is 5.68. The van der Waals surface area contributed by atoms with Crippen molar-refractivity contribution >= 4 is 0 Å². The van der Waals surface area contributed by atoms with E-state index in [9.17, 15) is 0 Å². The Morgan fingerprint density at radius 2 is 1.90 bits per heavy atom. The van der Waals surface area contributed by atoms with Crippen molar-refractivity contribution < 1.29 is 4.74 Å². The monoisotopic (exact) mass is 290 g/mol. The van der Waals surface area contributed by atoms with Crippen LogP contribution in [0.1, 0.15) is 36.1 Å². The second-order valence-corrected chi connectivity index (χ2v) is 6.64. The molecule has 1 aliphatic heterocycles. The van der Waals surface area contributed by atoms with Crippen molar-refractivity contribution in [1.29, 1.82) is 0 Å². The normalized spacial score (nSPS) is 20.2. The Bertz CT molecular complexity index is 447. The van der Waals surface area contributed by atoms with Crippen LogP contribution in [0, 0.1) is 20.8 Å². The second-order valence-electron chi connectivity index (χ2n) is 6.64. The molecule has 1 fully saturated rings. The largest absolute Gasteiger partial charge is 0.378 e. The summed E-state index contributed by atoms with van der Waals surface area (Å²) in [4.78, 5) is 2.57. The van der Waals surface area contributed by atoms with Crippen molar-refractivity contribution in [2.75, 3.05) is 26.3 Å². The number of aryl methyl sites for hydroxylation is 3. The summed E-state index contributed by atoms with van der Waals surface area (Å²) in [5.41, 5.74) is 5.66. The van der Waals surface area contributed by atoms with E-state index in [1.54, 1.807) is 0 Å². The van der Waals surface area contributed by atoms with Gasteiger partial charge in [-0.25, -0.2) is 0 Å². The zero-order valence-electron chi connectivity index (χ0n) is 14.2. The van der Waals surface area contributed by atoms with Crippen LogP contribution < -0.4 is 5.32 Å². The maximum absolute atomic E-state index is 5.68. The minimum atomic E-state index is 0.473. The van der Waals surface area contributed by atoms with E-state index in [0.29, 0.717) is 12.1 Å². The summed E-state index contributed by atoms with van der Waals surface area (Å²) in [7, 11) is 0. The molecule has 1 atom stereocenters. The first-order chi connectivity index (χ1) is 9.97. The first-order valence-corrected chi connectivity index (χ1v) is 8.09. The molecule has 0 aromatic heterocycles. The summed E-state index contributed by atoms with van der Waals surface area (Å²) in [5.74, 6) is 0. The SMILES string of the molecule is Cc1cc(C)c(CN2CCOCC2CNC(C)C)c(C)c1. The van der Waals surface area contributed by atoms with Gasteiger partial charge in [0.1, 0.15) is 0 Å². The Balaban J connectivity index is 2.08. The smallest absolute Gasteiger partial charge is 0.0635 e. The summed E-state index contributed by atoms with van der Waals surface area (Å²) in [6.07, 6.45) is 0. The zero-order valence-corrected chi connectivity index (χ0v) is 14.2. The molecule has 0 amide bonds. The van der Waals surface area contributed by atoms with Crippen molar-refractivity contribution in [3.05, 3.63) is 34.4 Å². The van der Waals surface area contributed by atoms with Gasteiger partial charge in [-0.1, -0.05) is 31.5 Å². The second kappa shape index (κ2) is 7.39. The fraction of sp³-hybridized carbons (Fsp3) is 0.667. The highest BCUT2D eigenvalue weighted by Crippen LogP contribution is 2.20. The predicted molar refractivity (Wildman–Crippen MR) is 88.8 cm³/mol. The number of benzene rings is 1. The molecule has 0 bridgehead atoms. The Labute approximate surface area is 129 Å². The zero-order chi connectivity index (χ0) is 15.4. The van der Waals surface area contributed by atoms with Gasteiger partial charge >= 0.3 is 0 Å². The topological polar surface area (TPSA) is 24.5 Å². The maximum Gasteiger partial charge on any atom is 0.0635 e. The average molecular weight is 290 g/mol. The molecule has 1 N–H and O–H groups in total. The highest BCUT2D eigenvalue weighted by molar-refractivity contribution is 5.37. The Kier molecular flexibility index (Phi) is 5.80. The average Bonchev–Trinajstić information content (AvgIpc) is 2.41. The quantitative estimate of drug-likeness (QED) is 0.902. The van der Waals surface area contributed by atoms with Crippen LogP contribution in [0.25, 0.3) is 0 Å². The van der Waals surface area contributed by atoms with Crippen molar-refractivity contribution in [1.82, 2.24) is 10.2 Å². The molecule has 1 unspecified atom stereocenters. The van der Waals surface area contributed by atoms with E-state index >= 15 is 0 Å². The minimum Gasteiger partial charge on any atom is -0.378 e. The Morgan fingerprint density at radius 3 is 2.52 bits per heavy atom. The fourth-order valence-corrected chi connectivity index (χ4v) is 3.12. The van der Waals surface area contributed by atoms with E-state index in [1.165, 1.54) is 22.3 Å². The van der Waals surface area contributed by atoms with Gasteiger partial charge in [-0.15, -0.1) is 0 Å². The lowest BCUT2D eigenvalue weighted by Crippen LogP contribution is -2.50. The van der Waals surface area contributed by atoms with Crippen molar-refractivity contribution in [2.24, 2.45) is 0 Å². The standard InChI is InChI=1S/C18H30N2O/c1-13(2)19-10-17-12-21-7-6-20(17)11-18-15(4)8-14(3)9-16(18)5/h8-9,13,17,19H,6-7,10-12H2,1-5H3. The molecule has 2 rings (SSSR count). The van der Waals surface area contributed by atoms with Crippen LogP contribution in [-0.2, 0) is 11.3 Å². The molecule has 0 radical (unpaired) electrons. The molecule has 3 nitrogen and oxygen atoms in total. The molecule has 21 heavy (non-hydrogen) atoms. The van der Waals surface area contributed by atoms with Crippen molar-refractivity contribution in [3.63, 3.8) is 0 Å². The third kappa shape index (κ3) is 4.53. The van der Waals surface area contributed by atoms with E-state index in [0.717, 1.165) is 32.8 Å². The molecular formula is C18H30N2O. The van der Waals surface area contributed by atoms with Crippen LogP contribution in [0.3, 0.4) is 0 Å². The summed E-state index contributed by atoms with van der Waals surface area (Å²) in [6, 6.07) is 5.59. The van der Waals surface area contributed by atoms with Gasteiger partial charge in [0.25, 0.3) is 0 Å². The Hall–Kier alpha value is -0.900. The van der Waals surface area contributed by atoms with Gasteiger partial charge in [-0.2, -0.15) is 0 Å². The number of nitrogens with one attached hydrogen (secondary N) is 1. The number of hydrogen-bond donors (Lipinski definition) is 1. The summed E-state index contributed by atoms with van der Waals surface area (Å²) in [5, 5.41) is 3.55. The third-order valence-electron chi connectivity index (χ3n) is 4.31. The molecule has 1 heterocycles. The third-order valence-corrected chi connectivity index (χ3v) is 4.31. The lowest BCUT2D eigenvalue weighted by atomic mass is 9.98. The molecular weight excluding hydrogens is 260 g/mol. The summed E-state index contributed by atoms with van der Waals surface area (Å²) >= 11 is 0. The van der Waals surface area contributed by atoms with Gasteiger partial charge in [0.05, 0.1) is 13.2 Å². The van der Waals surface area contributed by atoms with Crippen molar-refractivity contribution in [2.45, 2.75) is 53.2 Å². The number of morpholine rings is 1. The molecule has 0 saturated carbocycles. The van der Waals surface area contributed by atoms with E-state index in [-0.39, 0.29) is 0 Å². The highest BCUT2D eigenvalue weighted by atomic mass is 16.5. The number of nitrogens with zero attached hydrogens (tertiary/aromatic N) is 1. The van der Waals surface area contributed by atoms with Gasteiger partial charge in [-0.05, 0) is 37.5 Å². The molecule has 1 aliphatic rings. The van der Waals surface area contributed by atoms with Gasteiger partial charge < -0.3 is 10.1 Å². The van der Waals surface area contributed by atoms with Crippen LogP contribution in [-0.4, -0.2) is 43.3 Å². The van der Waals surface area contributed by atoms with Crippen LogP contribution in [0.15, 0.2) is 12.1 Å². The number of hydrogen-bond acceptors (Lipinski definition) is 3. The maximum atomic E-state index is 5.68. The molecule has 0 spiro atoms. The molecule has 3 heteroatoms. The van der Waals surface area contributed by atoms with Crippen LogP contribution >= 0.6 is 0 Å². The van der Waals surface area contributed by atoms with Crippen LogP contribution in [0.4, 0.5) is 0 Å². The fourth-order valence-electron chi connectivity index (χ4n) is 3.12. The van der Waals surface area contributed by atoms with Crippen molar-refractivity contribution in [3.8, 4) is 0 Å². The van der Waals surface area contributed by atoms with Crippen LogP contribution in [0.5, 0.6) is 0 Å².